The summed E-state index contributed by atoms with van der Waals surface area (Å²) in [4.78, 5) is 36.1. The van der Waals surface area contributed by atoms with Gasteiger partial charge in [-0.1, -0.05) is 48.5 Å². The van der Waals surface area contributed by atoms with E-state index in [0.717, 1.165) is 27.1 Å². The van der Waals surface area contributed by atoms with Crippen molar-refractivity contribution < 1.29 is 28.6 Å². The molecule has 0 amide bonds. The Balaban J connectivity index is 1.34. The number of benzene rings is 4. The maximum atomic E-state index is 12.6. The molecule has 0 N–H and O–H groups in total. The summed E-state index contributed by atoms with van der Waals surface area (Å²) in [5.41, 5.74) is 1.35. The SMILES string of the molecule is O=C(CCC(=O)Oc1ccc2cc(C(=O)OCc3ccc4ccccc4c3)ccc2c1)OCCS. The molecule has 0 unspecified atom stereocenters. The van der Waals surface area contributed by atoms with Crippen LogP contribution in [-0.2, 0) is 25.7 Å². The fourth-order valence-electron chi connectivity index (χ4n) is 3.59. The molecular formula is C28H24O6S. The second-order valence-corrected chi connectivity index (χ2v) is 8.35. The molecule has 0 saturated carbocycles. The van der Waals surface area contributed by atoms with Crippen LogP contribution >= 0.6 is 12.6 Å². The van der Waals surface area contributed by atoms with E-state index in [2.05, 4.69) is 12.6 Å². The zero-order valence-corrected chi connectivity index (χ0v) is 19.8. The average molecular weight is 489 g/mol. The lowest BCUT2D eigenvalue weighted by Gasteiger charge is -2.09. The summed E-state index contributed by atoms with van der Waals surface area (Å²) in [6.45, 7) is 0.388. The first-order chi connectivity index (χ1) is 17.0. The van der Waals surface area contributed by atoms with Gasteiger partial charge < -0.3 is 14.2 Å². The van der Waals surface area contributed by atoms with Crippen LogP contribution in [0.4, 0.5) is 0 Å². The van der Waals surface area contributed by atoms with Crippen molar-refractivity contribution in [1.82, 2.24) is 0 Å². The molecule has 178 valence electrons. The molecule has 0 aliphatic carbocycles. The highest BCUT2D eigenvalue weighted by molar-refractivity contribution is 7.80. The van der Waals surface area contributed by atoms with Crippen LogP contribution in [-0.4, -0.2) is 30.3 Å². The van der Waals surface area contributed by atoms with Crippen LogP contribution < -0.4 is 4.74 Å². The second-order valence-electron chi connectivity index (χ2n) is 7.90. The van der Waals surface area contributed by atoms with E-state index in [9.17, 15) is 14.4 Å². The Bertz CT molecular complexity index is 1380. The highest BCUT2D eigenvalue weighted by atomic mass is 32.1. The zero-order chi connectivity index (χ0) is 24.6. The minimum absolute atomic E-state index is 0.0507. The molecule has 6 nitrogen and oxygen atoms in total. The maximum Gasteiger partial charge on any atom is 0.338 e. The first kappa shape index (κ1) is 24.3. The standard InChI is InChI=1S/C28H24O6S/c29-26(32-13-14-35)11-12-27(30)34-25-10-9-22-16-24(8-7-23(22)17-25)28(31)33-18-19-5-6-20-3-1-2-4-21(20)15-19/h1-10,15-17,35H,11-14,18H2. The molecule has 4 aromatic rings. The number of rotatable bonds is 9. The summed E-state index contributed by atoms with van der Waals surface area (Å²) in [7, 11) is 0. The highest BCUT2D eigenvalue weighted by Crippen LogP contribution is 2.23. The van der Waals surface area contributed by atoms with Crippen LogP contribution in [0, 0.1) is 0 Å². The summed E-state index contributed by atoms with van der Waals surface area (Å²) in [5, 5.41) is 3.83. The Kier molecular flexibility index (Phi) is 8.00. The number of esters is 3. The molecule has 35 heavy (non-hydrogen) atoms. The number of thiol groups is 1. The number of hydrogen-bond donors (Lipinski definition) is 1. The van der Waals surface area contributed by atoms with E-state index in [1.54, 1.807) is 36.4 Å². The largest absolute Gasteiger partial charge is 0.465 e. The minimum atomic E-state index is -0.527. The summed E-state index contributed by atoms with van der Waals surface area (Å²) >= 11 is 3.96. The highest BCUT2D eigenvalue weighted by Gasteiger charge is 2.12. The number of carbonyl (C=O) groups is 3. The molecule has 0 aliphatic heterocycles. The van der Waals surface area contributed by atoms with Crippen molar-refractivity contribution in [2.45, 2.75) is 19.4 Å². The predicted molar refractivity (Wildman–Crippen MR) is 137 cm³/mol. The van der Waals surface area contributed by atoms with Crippen molar-refractivity contribution >= 4 is 52.1 Å². The lowest BCUT2D eigenvalue weighted by molar-refractivity contribution is -0.146. The van der Waals surface area contributed by atoms with E-state index < -0.39 is 17.9 Å². The van der Waals surface area contributed by atoms with Gasteiger partial charge in [-0.05, 0) is 57.4 Å². The van der Waals surface area contributed by atoms with Crippen LogP contribution in [0.15, 0.2) is 78.9 Å². The monoisotopic (exact) mass is 488 g/mol. The van der Waals surface area contributed by atoms with Gasteiger partial charge in [-0.2, -0.15) is 12.6 Å². The third-order valence-electron chi connectivity index (χ3n) is 5.35. The summed E-state index contributed by atoms with van der Waals surface area (Å²) in [5.74, 6) is -0.620. The Hall–Kier alpha value is -3.84. The molecule has 0 heterocycles. The van der Waals surface area contributed by atoms with Crippen LogP contribution in [0.5, 0.6) is 5.75 Å². The van der Waals surface area contributed by atoms with Crippen molar-refractivity contribution in [2.24, 2.45) is 0 Å². The summed E-state index contributed by atoms with van der Waals surface area (Å²) in [6, 6.07) is 24.3. The number of hydrogen-bond acceptors (Lipinski definition) is 7. The van der Waals surface area contributed by atoms with Gasteiger partial charge in [0.2, 0.25) is 0 Å². The van der Waals surface area contributed by atoms with Gasteiger partial charge >= 0.3 is 17.9 Å². The number of fused-ring (bicyclic) bond motifs is 2. The second kappa shape index (κ2) is 11.5. The lowest BCUT2D eigenvalue weighted by atomic mass is 10.1. The first-order valence-electron chi connectivity index (χ1n) is 11.2. The molecule has 0 fully saturated rings. The Labute approximate surface area is 208 Å². The minimum Gasteiger partial charge on any atom is -0.465 e. The summed E-state index contributed by atoms with van der Waals surface area (Å²) < 4.78 is 15.7. The number of carbonyl (C=O) groups excluding carboxylic acids is 3. The van der Waals surface area contributed by atoms with E-state index in [1.807, 2.05) is 42.5 Å². The average Bonchev–Trinajstić information content (AvgIpc) is 2.88. The van der Waals surface area contributed by atoms with Crippen molar-refractivity contribution in [3.63, 3.8) is 0 Å². The van der Waals surface area contributed by atoms with Gasteiger partial charge in [-0.3, -0.25) is 9.59 Å². The van der Waals surface area contributed by atoms with Gasteiger partial charge in [0.05, 0.1) is 18.4 Å². The van der Waals surface area contributed by atoms with Crippen LogP contribution in [0.25, 0.3) is 21.5 Å². The molecule has 0 aliphatic rings. The van der Waals surface area contributed by atoms with Crippen molar-refractivity contribution in [3.8, 4) is 5.75 Å². The molecule has 0 radical (unpaired) electrons. The van der Waals surface area contributed by atoms with Gasteiger partial charge in [0, 0.05) is 5.75 Å². The Morgan fingerprint density at radius 3 is 2.20 bits per heavy atom. The van der Waals surface area contributed by atoms with Crippen LogP contribution in [0.3, 0.4) is 0 Å². The third kappa shape index (κ3) is 6.61. The van der Waals surface area contributed by atoms with E-state index >= 15 is 0 Å². The molecule has 0 bridgehead atoms. The summed E-state index contributed by atoms with van der Waals surface area (Å²) in [6.07, 6.45) is -0.129. The van der Waals surface area contributed by atoms with Crippen LogP contribution in [0.1, 0.15) is 28.8 Å². The smallest absolute Gasteiger partial charge is 0.338 e. The predicted octanol–water partition coefficient (Wildman–Crippen LogP) is 5.51. The number of ether oxygens (including phenoxy) is 3. The topological polar surface area (TPSA) is 78.9 Å². The van der Waals surface area contributed by atoms with Gasteiger partial charge in [0.25, 0.3) is 0 Å². The maximum absolute atomic E-state index is 12.6. The third-order valence-corrected chi connectivity index (χ3v) is 5.53. The molecular weight excluding hydrogens is 464 g/mol. The van der Waals surface area contributed by atoms with Gasteiger partial charge in [0.1, 0.15) is 19.0 Å². The Morgan fingerprint density at radius 1 is 0.686 bits per heavy atom. The van der Waals surface area contributed by atoms with Crippen molar-refractivity contribution in [1.29, 1.82) is 0 Å². The molecule has 0 aromatic heterocycles. The normalized spacial score (nSPS) is 10.8. The van der Waals surface area contributed by atoms with Crippen molar-refractivity contribution in [3.05, 3.63) is 90.0 Å². The molecule has 0 spiro atoms. The molecule has 4 aromatic carbocycles. The van der Waals surface area contributed by atoms with Crippen molar-refractivity contribution in [2.75, 3.05) is 12.4 Å². The van der Waals surface area contributed by atoms with E-state index in [-0.39, 0.29) is 26.1 Å². The first-order valence-corrected chi connectivity index (χ1v) is 11.8. The lowest BCUT2D eigenvalue weighted by Crippen LogP contribution is -2.13. The van der Waals surface area contributed by atoms with E-state index in [0.29, 0.717) is 17.1 Å². The fourth-order valence-corrected chi connectivity index (χ4v) is 3.68. The van der Waals surface area contributed by atoms with Gasteiger partial charge in [-0.15, -0.1) is 0 Å². The van der Waals surface area contributed by atoms with E-state index in [4.69, 9.17) is 14.2 Å². The fraction of sp³-hybridized carbons (Fsp3) is 0.179. The van der Waals surface area contributed by atoms with Gasteiger partial charge in [-0.25, -0.2) is 4.79 Å². The molecule has 7 heteroatoms. The molecule has 4 rings (SSSR count). The quantitative estimate of drug-likeness (QED) is 0.190. The Morgan fingerprint density at radius 2 is 1.37 bits per heavy atom. The molecule has 0 atom stereocenters. The van der Waals surface area contributed by atoms with E-state index in [1.165, 1.54) is 0 Å². The molecule has 0 saturated heterocycles. The van der Waals surface area contributed by atoms with Crippen LogP contribution in [0.2, 0.25) is 0 Å². The zero-order valence-electron chi connectivity index (χ0n) is 18.9. The van der Waals surface area contributed by atoms with Gasteiger partial charge in [0.15, 0.2) is 0 Å².